The van der Waals surface area contributed by atoms with Crippen LogP contribution in [0.15, 0.2) is 24.3 Å². The maximum atomic E-state index is 11.1. The molecule has 0 spiro atoms. The number of hydrogen-bond donors (Lipinski definition) is 0. The van der Waals surface area contributed by atoms with Crippen LogP contribution in [-0.2, 0) is 9.53 Å². The summed E-state index contributed by atoms with van der Waals surface area (Å²) < 4.78 is 4.63. The van der Waals surface area contributed by atoms with Crippen LogP contribution >= 0.6 is 0 Å². The van der Waals surface area contributed by atoms with E-state index in [1.54, 1.807) is 0 Å². The van der Waals surface area contributed by atoms with Gasteiger partial charge >= 0.3 is 5.97 Å². The molecule has 1 aromatic rings. The highest BCUT2D eigenvalue weighted by Gasteiger charge is 2.07. The van der Waals surface area contributed by atoms with Crippen molar-refractivity contribution in [2.24, 2.45) is 0 Å². The minimum atomic E-state index is -0.162. The van der Waals surface area contributed by atoms with E-state index in [2.05, 4.69) is 47.7 Å². The number of ether oxygens (including phenoxy) is 1. The molecule has 0 unspecified atom stereocenters. The Hall–Kier alpha value is -1.51. The number of benzene rings is 1. The maximum Gasteiger partial charge on any atom is 0.307 e. The summed E-state index contributed by atoms with van der Waals surface area (Å²) >= 11 is 0. The Morgan fingerprint density at radius 3 is 2.44 bits per heavy atom. The van der Waals surface area contributed by atoms with Gasteiger partial charge in [0.05, 0.1) is 13.5 Å². The number of carbonyl (C=O) groups is 1. The third kappa shape index (κ3) is 3.57. The molecule has 0 radical (unpaired) electrons. The second-order valence-electron chi connectivity index (χ2n) is 3.74. The zero-order chi connectivity index (χ0) is 12.0. The molecule has 3 nitrogen and oxygen atoms in total. The summed E-state index contributed by atoms with van der Waals surface area (Å²) in [6, 6.07) is 8.32. The fraction of sp³-hybridized carbons (Fsp3) is 0.462. The lowest BCUT2D eigenvalue weighted by Gasteiger charge is -2.22. The van der Waals surface area contributed by atoms with Crippen LogP contribution < -0.4 is 4.90 Å². The Bertz CT molecular complexity index is 332. The molecule has 0 bridgehead atoms. The highest BCUT2D eigenvalue weighted by Crippen LogP contribution is 2.15. The monoisotopic (exact) mass is 221 g/mol. The molecule has 0 N–H and O–H groups in total. The maximum absolute atomic E-state index is 11.1. The lowest BCUT2D eigenvalue weighted by Crippen LogP contribution is -2.26. The van der Waals surface area contributed by atoms with Gasteiger partial charge in [-0.3, -0.25) is 4.79 Å². The van der Waals surface area contributed by atoms with Gasteiger partial charge in [0.15, 0.2) is 0 Å². The molecular weight excluding hydrogens is 202 g/mol. The highest BCUT2D eigenvalue weighted by atomic mass is 16.5. The van der Waals surface area contributed by atoms with Gasteiger partial charge in [0.1, 0.15) is 0 Å². The zero-order valence-electron chi connectivity index (χ0n) is 10.2. The number of esters is 1. The van der Waals surface area contributed by atoms with Crippen molar-refractivity contribution in [3.8, 4) is 0 Å². The van der Waals surface area contributed by atoms with Crippen molar-refractivity contribution in [2.45, 2.75) is 20.3 Å². The number of anilines is 1. The molecule has 1 rings (SSSR count). The van der Waals surface area contributed by atoms with Crippen molar-refractivity contribution >= 4 is 11.7 Å². The Balaban J connectivity index is 2.60. The van der Waals surface area contributed by atoms with Crippen molar-refractivity contribution < 1.29 is 9.53 Å². The largest absolute Gasteiger partial charge is 0.469 e. The first-order valence-electron chi connectivity index (χ1n) is 5.55. The van der Waals surface area contributed by atoms with Crippen LogP contribution in [0, 0.1) is 6.92 Å². The standard InChI is InChI=1S/C13H19NO2/c1-4-14(10-9-13(15)16-3)12-7-5-11(2)6-8-12/h5-8H,4,9-10H2,1-3H3. The summed E-state index contributed by atoms with van der Waals surface area (Å²) in [6.45, 7) is 5.73. The van der Waals surface area contributed by atoms with Gasteiger partial charge in [-0.2, -0.15) is 0 Å². The molecule has 0 aliphatic rings. The number of methoxy groups -OCH3 is 1. The molecule has 0 amide bonds. The average Bonchev–Trinajstić information content (AvgIpc) is 2.31. The predicted octanol–water partition coefficient (Wildman–Crippen LogP) is 2.38. The molecule has 0 saturated heterocycles. The molecule has 0 aliphatic heterocycles. The summed E-state index contributed by atoms with van der Waals surface area (Å²) in [6.07, 6.45) is 0.429. The third-order valence-corrected chi connectivity index (χ3v) is 2.59. The number of rotatable bonds is 5. The van der Waals surface area contributed by atoms with Gasteiger partial charge in [0.25, 0.3) is 0 Å². The van der Waals surface area contributed by atoms with E-state index in [4.69, 9.17) is 0 Å². The first-order chi connectivity index (χ1) is 7.67. The normalized spacial score (nSPS) is 9.94. The molecule has 0 saturated carbocycles. The van der Waals surface area contributed by atoms with Gasteiger partial charge in [0.2, 0.25) is 0 Å². The predicted molar refractivity (Wildman–Crippen MR) is 65.7 cm³/mol. The number of aryl methyl sites for hydroxylation is 1. The van der Waals surface area contributed by atoms with E-state index >= 15 is 0 Å². The summed E-state index contributed by atoms with van der Waals surface area (Å²) in [5.41, 5.74) is 2.39. The summed E-state index contributed by atoms with van der Waals surface area (Å²) in [5.74, 6) is -0.162. The van der Waals surface area contributed by atoms with Crippen LogP contribution in [0.2, 0.25) is 0 Å². The van der Waals surface area contributed by atoms with Gasteiger partial charge in [-0.15, -0.1) is 0 Å². The van der Waals surface area contributed by atoms with E-state index in [0.29, 0.717) is 13.0 Å². The molecule has 1 aromatic carbocycles. The number of hydrogen-bond acceptors (Lipinski definition) is 3. The van der Waals surface area contributed by atoms with Crippen molar-refractivity contribution in [3.05, 3.63) is 29.8 Å². The van der Waals surface area contributed by atoms with Gasteiger partial charge in [-0.05, 0) is 26.0 Å². The topological polar surface area (TPSA) is 29.5 Å². The van der Waals surface area contributed by atoms with Gasteiger partial charge < -0.3 is 9.64 Å². The van der Waals surface area contributed by atoms with Gasteiger partial charge in [0, 0.05) is 18.8 Å². The highest BCUT2D eigenvalue weighted by molar-refractivity contribution is 5.70. The fourth-order valence-corrected chi connectivity index (χ4v) is 1.55. The second-order valence-corrected chi connectivity index (χ2v) is 3.74. The van der Waals surface area contributed by atoms with Crippen molar-refractivity contribution in [1.82, 2.24) is 0 Å². The third-order valence-electron chi connectivity index (χ3n) is 2.59. The number of carbonyl (C=O) groups excluding carboxylic acids is 1. The van der Waals surface area contributed by atoms with Crippen LogP contribution in [-0.4, -0.2) is 26.2 Å². The molecule has 0 atom stereocenters. The molecule has 3 heteroatoms. The second kappa shape index (κ2) is 6.16. The Morgan fingerprint density at radius 2 is 1.94 bits per heavy atom. The molecule has 0 aromatic heterocycles. The smallest absolute Gasteiger partial charge is 0.307 e. The van der Waals surface area contributed by atoms with Crippen LogP contribution in [0.4, 0.5) is 5.69 Å². The van der Waals surface area contributed by atoms with E-state index < -0.39 is 0 Å². The molecule has 0 fully saturated rings. The molecule has 16 heavy (non-hydrogen) atoms. The molecule has 0 aliphatic carbocycles. The zero-order valence-corrected chi connectivity index (χ0v) is 10.2. The minimum Gasteiger partial charge on any atom is -0.469 e. The lowest BCUT2D eigenvalue weighted by atomic mass is 10.2. The van der Waals surface area contributed by atoms with E-state index in [1.165, 1.54) is 12.7 Å². The summed E-state index contributed by atoms with van der Waals surface area (Å²) in [5, 5.41) is 0. The quantitative estimate of drug-likeness (QED) is 0.715. The van der Waals surface area contributed by atoms with Crippen LogP contribution in [0.3, 0.4) is 0 Å². The first kappa shape index (κ1) is 12.6. The van der Waals surface area contributed by atoms with Crippen LogP contribution in [0.1, 0.15) is 18.9 Å². The Kier molecular flexibility index (Phi) is 4.83. The lowest BCUT2D eigenvalue weighted by molar-refractivity contribution is -0.140. The molecular formula is C13H19NO2. The van der Waals surface area contributed by atoms with Crippen molar-refractivity contribution in [3.63, 3.8) is 0 Å². The van der Waals surface area contributed by atoms with E-state index in [-0.39, 0.29) is 5.97 Å². The minimum absolute atomic E-state index is 0.162. The fourth-order valence-electron chi connectivity index (χ4n) is 1.55. The van der Waals surface area contributed by atoms with E-state index in [9.17, 15) is 4.79 Å². The van der Waals surface area contributed by atoms with Crippen molar-refractivity contribution in [2.75, 3.05) is 25.1 Å². The van der Waals surface area contributed by atoms with E-state index in [1.807, 2.05) is 0 Å². The van der Waals surface area contributed by atoms with Crippen molar-refractivity contribution in [1.29, 1.82) is 0 Å². The Labute approximate surface area is 97.0 Å². The van der Waals surface area contributed by atoms with Crippen LogP contribution in [0.5, 0.6) is 0 Å². The van der Waals surface area contributed by atoms with E-state index in [0.717, 1.165) is 12.2 Å². The Morgan fingerprint density at radius 1 is 1.31 bits per heavy atom. The molecule has 88 valence electrons. The number of nitrogens with zero attached hydrogens (tertiary/aromatic N) is 1. The SMILES string of the molecule is CCN(CCC(=O)OC)c1ccc(C)cc1. The molecule has 0 heterocycles. The van der Waals surface area contributed by atoms with Gasteiger partial charge in [-0.1, -0.05) is 17.7 Å². The van der Waals surface area contributed by atoms with Gasteiger partial charge in [-0.25, -0.2) is 0 Å². The average molecular weight is 221 g/mol. The van der Waals surface area contributed by atoms with Crippen LogP contribution in [0.25, 0.3) is 0 Å². The summed E-state index contributed by atoms with van der Waals surface area (Å²) in [7, 11) is 1.42. The first-order valence-corrected chi connectivity index (χ1v) is 5.55. The summed E-state index contributed by atoms with van der Waals surface area (Å²) in [4.78, 5) is 13.2.